The van der Waals surface area contributed by atoms with Gasteiger partial charge in [-0.15, -0.1) is 0 Å². The Morgan fingerprint density at radius 3 is 2.90 bits per heavy atom. The third-order valence-electron chi connectivity index (χ3n) is 3.67. The molecule has 5 nitrogen and oxygen atoms in total. The normalized spacial score (nSPS) is 15.1. The molecule has 0 radical (unpaired) electrons. The first-order valence-electron chi connectivity index (χ1n) is 7.54. The zero-order valence-corrected chi connectivity index (χ0v) is 12.6. The molecule has 5 heteroatoms. The Morgan fingerprint density at radius 2 is 2.14 bits per heavy atom. The molecule has 1 aromatic carbocycles. The van der Waals surface area contributed by atoms with E-state index < -0.39 is 0 Å². The van der Waals surface area contributed by atoms with Crippen molar-refractivity contribution < 1.29 is 14.4 Å². The van der Waals surface area contributed by atoms with Crippen LogP contribution in [0.25, 0.3) is 0 Å². The van der Waals surface area contributed by atoms with Gasteiger partial charge in [0.1, 0.15) is 5.75 Å². The molecular weight excluding hydrogens is 268 g/mol. The highest BCUT2D eigenvalue weighted by Crippen LogP contribution is 2.13. The lowest BCUT2D eigenvalue weighted by Crippen LogP contribution is -2.30. The number of likely N-dealkylation sites (tertiary alicyclic amines) is 1. The summed E-state index contributed by atoms with van der Waals surface area (Å²) in [5, 5.41) is 0. The molecule has 1 aromatic rings. The minimum absolute atomic E-state index is 0.0840. The summed E-state index contributed by atoms with van der Waals surface area (Å²) in [4.78, 5) is 19.3. The topological polar surface area (TPSA) is 50.8 Å². The van der Waals surface area contributed by atoms with Crippen molar-refractivity contribution in [3.8, 4) is 5.75 Å². The van der Waals surface area contributed by atoms with Gasteiger partial charge in [0.2, 0.25) is 5.91 Å². The zero-order valence-electron chi connectivity index (χ0n) is 12.6. The van der Waals surface area contributed by atoms with Gasteiger partial charge in [0.25, 0.3) is 0 Å². The molecule has 0 aromatic heterocycles. The van der Waals surface area contributed by atoms with Crippen LogP contribution in [-0.4, -0.2) is 44.2 Å². The molecule has 1 amide bonds. The second-order valence-corrected chi connectivity index (χ2v) is 5.27. The number of hydrogen-bond donors (Lipinski definition) is 1. The van der Waals surface area contributed by atoms with Gasteiger partial charge in [0.05, 0.1) is 13.7 Å². The predicted octanol–water partition coefficient (Wildman–Crippen LogP) is 1.77. The average Bonchev–Trinajstić information content (AvgIpc) is 3.03. The van der Waals surface area contributed by atoms with Gasteiger partial charge in [-0.1, -0.05) is 12.1 Å². The largest absolute Gasteiger partial charge is 0.497 e. The molecule has 2 rings (SSSR count). The Balaban J connectivity index is 1.58. The van der Waals surface area contributed by atoms with Crippen LogP contribution < -0.4 is 10.2 Å². The molecule has 1 aliphatic rings. The predicted molar refractivity (Wildman–Crippen MR) is 81.1 cm³/mol. The van der Waals surface area contributed by atoms with Gasteiger partial charge < -0.3 is 9.64 Å². The highest BCUT2D eigenvalue weighted by atomic mass is 16.6. The molecule has 21 heavy (non-hydrogen) atoms. The Bertz CT molecular complexity index is 445. The van der Waals surface area contributed by atoms with E-state index in [1.54, 1.807) is 7.11 Å². The fourth-order valence-electron chi connectivity index (χ4n) is 2.45. The van der Waals surface area contributed by atoms with Gasteiger partial charge in [-0.2, -0.15) is 0 Å². The monoisotopic (exact) mass is 292 g/mol. The maximum absolute atomic E-state index is 11.7. The third-order valence-corrected chi connectivity index (χ3v) is 3.67. The van der Waals surface area contributed by atoms with E-state index >= 15 is 0 Å². The summed E-state index contributed by atoms with van der Waals surface area (Å²) in [6.07, 6.45) is 3.63. The van der Waals surface area contributed by atoms with Crippen molar-refractivity contribution >= 4 is 5.91 Å². The average molecular weight is 292 g/mol. The molecule has 0 spiro atoms. The van der Waals surface area contributed by atoms with Crippen LogP contribution >= 0.6 is 0 Å². The zero-order chi connectivity index (χ0) is 14.9. The van der Waals surface area contributed by atoms with Crippen molar-refractivity contribution in [1.82, 2.24) is 10.4 Å². The first-order valence-corrected chi connectivity index (χ1v) is 7.54. The van der Waals surface area contributed by atoms with E-state index in [9.17, 15) is 4.79 Å². The lowest BCUT2D eigenvalue weighted by molar-refractivity contribution is -0.133. The highest BCUT2D eigenvalue weighted by molar-refractivity contribution is 5.75. The summed E-state index contributed by atoms with van der Waals surface area (Å²) < 4.78 is 5.16. The van der Waals surface area contributed by atoms with Crippen molar-refractivity contribution in [2.45, 2.75) is 25.7 Å². The van der Waals surface area contributed by atoms with E-state index in [4.69, 9.17) is 9.57 Å². The summed E-state index contributed by atoms with van der Waals surface area (Å²) >= 11 is 0. The summed E-state index contributed by atoms with van der Waals surface area (Å²) in [6, 6.07) is 7.76. The number of nitrogens with zero attached hydrogens (tertiary/aromatic N) is 1. The summed E-state index contributed by atoms with van der Waals surface area (Å²) in [6.45, 7) is 3.72. The minimum atomic E-state index is -0.0840. The Hall–Kier alpha value is -1.59. The second kappa shape index (κ2) is 8.64. The van der Waals surface area contributed by atoms with Crippen LogP contribution in [0.1, 0.15) is 24.8 Å². The molecule has 116 valence electrons. The van der Waals surface area contributed by atoms with Crippen LogP contribution in [0.5, 0.6) is 5.75 Å². The Labute approximate surface area is 126 Å². The fourth-order valence-corrected chi connectivity index (χ4v) is 2.45. The second-order valence-electron chi connectivity index (χ2n) is 5.27. The van der Waals surface area contributed by atoms with Crippen molar-refractivity contribution in [2.75, 3.05) is 33.4 Å². The van der Waals surface area contributed by atoms with Crippen LogP contribution in [-0.2, 0) is 16.1 Å². The number of amides is 1. The van der Waals surface area contributed by atoms with Crippen molar-refractivity contribution in [3.63, 3.8) is 0 Å². The molecule has 0 saturated carbocycles. The molecular formula is C16H24N2O3. The first kappa shape index (κ1) is 15.8. The summed E-state index contributed by atoms with van der Waals surface area (Å²) in [7, 11) is 1.64. The van der Waals surface area contributed by atoms with Crippen LogP contribution in [0, 0.1) is 0 Å². The van der Waals surface area contributed by atoms with Gasteiger partial charge in [-0.05, 0) is 50.0 Å². The number of hydrogen-bond acceptors (Lipinski definition) is 4. The molecule has 1 aliphatic heterocycles. The highest BCUT2D eigenvalue weighted by Gasteiger charge is 2.10. The lowest BCUT2D eigenvalue weighted by Gasteiger charge is -2.14. The Kier molecular flexibility index (Phi) is 6.50. The van der Waals surface area contributed by atoms with Crippen molar-refractivity contribution in [2.24, 2.45) is 0 Å². The standard InChI is InChI=1S/C16H24N2O3/c1-20-15-6-4-5-14(13-15)7-8-16(19)17-21-12-11-18-9-2-3-10-18/h4-6,13H,2-3,7-12H2,1H3,(H,17,19). The van der Waals surface area contributed by atoms with Crippen LogP contribution in [0.4, 0.5) is 0 Å². The number of ether oxygens (including phenoxy) is 1. The maximum Gasteiger partial charge on any atom is 0.243 e. The summed E-state index contributed by atoms with van der Waals surface area (Å²) in [5.41, 5.74) is 3.59. The number of nitrogens with one attached hydrogen (secondary N) is 1. The third kappa shape index (κ3) is 5.73. The SMILES string of the molecule is COc1cccc(CCC(=O)NOCCN2CCCC2)c1. The van der Waals surface area contributed by atoms with Gasteiger partial charge in [0, 0.05) is 13.0 Å². The molecule has 0 unspecified atom stereocenters. The Morgan fingerprint density at radius 1 is 1.33 bits per heavy atom. The van der Waals surface area contributed by atoms with E-state index in [1.807, 2.05) is 24.3 Å². The van der Waals surface area contributed by atoms with Gasteiger partial charge in [-0.3, -0.25) is 9.63 Å². The van der Waals surface area contributed by atoms with Gasteiger partial charge in [0.15, 0.2) is 0 Å². The van der Waals surface area contributed by atoms with E-state index in [0.717, 1.165) is 30.9 Å². The lowest BCUT2D eigenvalue weighted by atomic mass is 10.1. The molecule has 0 atom stereocenters. The quantitative estimate of drug-likeness (QED) is 0.586. The number of hydroxylamine groups is 1. The number of rotatable bonds is 8. The van der Waals surface area contributed by atoms with Crippen LogP contribution in [0.2, 0.25) is 0 Å². The van der Waals surface area contributed by atoms with Crippen molar-refractivity contribution in [3.05, 3.63) is 29.8 Å². The molecule has 0 aliphatic carbocycles. The van der Waals surface area contributed by atoms with Crippen LogP contribution in [0.3, 0.4) is 0 Å². The van der Waals surface area contributed by atoms with Gasteiger partial charge >= 0.3 is 0 Å². The summed E-state index contributed by atoms with van der Waals surface area (Å²) in [5.74, 6) is 0.731. The molecule has 1 saturated heterocycles. The van der Waals surface area contributed by atoms with Crippen molar-refractivity contribution in [1.29, 1.82) is 0 Å². The van der Waals surface area contributed by atoms with E-state index in [2.05, 4.69) is 10.4 Å². The van der Waals surface area contributed by atoms with E-state index in [1.165, 1.54) is 12.8 Å². The molecule has 0 bridgehead atoms. The number of methoxy groups -OCH3 is 1. The molecule has 1 N–H and O–H groups in total. The first-order chi connectivity index (χ1) is 10.3. The minimum Gasteiger partial charge on any atom is -0.497 e. The van der Waals surface area contributed by atoms with E-state index in [0.29, 0.717) is 19.4 Å². The van der Waals surface area contributed by atoms with Crippen LogP contribution in [0.15, 0.2) is 24.3 Å². The number of benzene rings is 1. The fraction of sp³-hybridized carbons (Fsp3) is 0.562. The van der Waals surface area contributed by atoms with Gasteiger partial charge in [-0.25, -0.2) is 5.48 Å². The number of carbonyl (C=O) groups is 1. The maximum atomic E-state index is 11.7. The van der Waals surface area contributed by atoms with E-state index in [-0.39, 0.29) is 5.91 Å². The molecule has 1 fully saturated rings. The smallest absolute Gasteiger partial charge is 0.243 e. The molecule has 1 heterocycles. The number of aryl methyl sites for hydroxylation is 1. The number of carbonyl (C=O) groups excluding carboxylic acids is 1.